The van der Waals surface area contributed by atoms with Crippen LogP contribution in [0.2, 0.25) is 10.0 Å². The first kappa shape index (κ1) is 19.1. The molecule has 2 aromatic carbocycles. The highest BCUT2D eigenvalue weighted by atomic mass is 35.5. The van der Waals surface area contributed by atoms with E-state index in [1.54, 1.807) is 18.2 Å². The zero-order chi connectivity index (χ0) is 18.2. The van der Waals surface area contributed by atoms with E-state index in [0.29, 0.717) is 16.6 Å². The van der Waals surface area contributed by atoms with Gasteiger partial charge in [-0.15, -0.1) is 0 Å². The van der Waals surface area contributed by atoms with Crippen molar-refractivity contribution in [3.63, 3.8) is 0 Å². The van der Waals surface area contributed by atoms with E-state index in [0.717, 1.165) is 5.56 Å². The summed E-state index contributed by atoms with van der Waals surface area (Å²) in [6, 6.07) is 14.4. The number of ether oxygens (including phenoxy) is 1. The molecule has 0 radical (unpaired) electrons. The minimum Gasteiger partial charge on any atom is -0.481 e. The molecule has 0 saturated carbocycles. The molecule has 0 atom stereocenters. The second kappa shape index (κ2) is 9.30. The van der Waals surface area contributed by atoms with Gasteiger partial charge in [-0.2, -0.15) is 0 Å². The van der Waals surface area contributed by atoms with Gasteiger partial charge in [-0.1, -0.05) is 59.6 Å². The normalized spacial score (nSPS) is 10.3. The Morgan fingerprint density at radius 1 is 1.00 bits per heavy atom. The van der Waals surface area contributed by atoms with Crippen LogP contribution in [-0.2, 0) is 16.1 Å². The second-order valence-corrected chi connectivity index (χ2v) is 6.17. The number of primary amides is 1. The molecule has 2 amide bonds. The van der Waals surface area contributed by atoms with Gasteiger partial charge in [0, 0.05) is 19.5 Å². The molecule has 2 aromatic rings. The molecule has 0 aliphatic heterocycles. The third kappa shape index (κ3) is 5.96. The third-order valence-electron chi connectivity index (χ3n) is 3.46. The van der Waals surface area contributed by atoms with Crippen molar-refractivity contribution in [1.82, 2.24) is 4.90 Å². The van der Waals surface area contributed by atoms with Crippen LogP contribution in [0.5, 0.6) is 5.75 Å². The summed E-state index contributed by atoms with van der Waals surface area (Å²) in [4.78, 5) is 25.1. The van der Waals surface area contributed by atoms with Crippen LogP contribution in [-0.4, -0.2) is 29.9 Å². The Kier molecular flexibility index (Phi) is 7.10. The number of rotatable bonds is 8. The molecule has 0 aliphatic carbocycles. The minimum absolute atomic E-state index is 0.0748. The van der Waals surface area contributed by atoms with Crippen molar-refractivity contribution in [2.75, 3.05) is 13.2 Å². The molecule has 2 rings (SSSR count). The van der Waals surface area contributed by atoms with Gasteiger partial charge >= 0.3 is 0 Å². The van der Waals surface area contributed by atoms with Crippen LogP contribution in [0, 0.1) is 0 Å². The number of hydrogen-bond donors (Lipinski definition) is 1. The number of hydrogen-bond acceptors (Lipinski definition) is 3. The SMILES string of the molecule is NC(=O)CCN(Cc1ccccc1)C(=O)COc1c(Cl)cccc1Cl. The Morgan fingerprint density at radius 3 is 2.24 bits per heavy atom. The summed E-state index contributed by atoms with van der Waals surface area (Å²) < 4.78 is 5.48. The van der Waals surface area contributed by atoms with Crippen LogP contribution in [0.15, 0.2) is 48.5 Å². The van der Waals surface area contributed by atoms with Crippen molar-refractivity contribution in [2.45, 2.75) is 13.0 Å². The standard InChI is InChI=1S/C18H18Cl2N2O3/c19-14-7-4-8-15(20)18(14)25-12-17(24)22(10-9-16(21)23)11-13-5-2-1-3-6-13/h1-8H,9-12H2,(H2,21,23). The first-order valence-electron chi connectivity index (χ1n) is 7.64. The molecule has 0 heterocycles. The minimum atomic E-state index is -0.471. The highest BCUT2D eigenvalue weighted by Crippen LogP contribution is 2.32. The molecule has 0 saturated heterocycles. The number of amides is 2. The number of nitrogens with two attached hydrogens (primary N) is 1. The Hall–Kier alpha value is -2.24. The predicted octanol–water partition coefficient (Wildman–Crippen LogP) is 3.28. The molecule has 0 aromatic heterocycles. The average molecular weight is 381 g/mol. The first-order chi connectivity index (χ1) is 12.0. The van der Waals surface area contributed by atoms with Crippen molar-refractivity contribution in [2.24, 2.45) is 5.73 Å². The zero-order valence-electron chi connectivity index (χ0n) is 13.5. The molecule has 7 heteroatoms. The lowest BCUT2D eigenvalue weighted by atomic mass is 10.2. The summed E-state index contributed by atoms with van der Waals surface area (Å²) >= 11 is 12.1. The van der Waals surface area contributed by atoms with E-state index in [4.69, 9.17) is 33.7 Å². The topological polar surface area (TPSA) is 72.6 Å². The second-order valence-electron chi connectivity index (χ2n) is 5.36. The van der Waals surface area contributed by atoms with Gasteiger partial charge in [0.25, 0.3) is 5.91 Å². The van der Waals surface area contributed by atoms with Gasteiger partial charge in [-0.3, -0.25) is 9.59 Å². The largest absolute Gasteiger partial charge is 0.481 e. The van der Waals surface area contributed by atoms with Crippen LogP contribution < -0.4 is 10.5 Å². The van der Waals surface area contributed by atoms with Crippen molar-refractivity contribution >= 4 is 35.0 Å². The number of para-hydroxylation sites is 1. The predicted molar refractivity (Wildman–Crippen MR) is 97.6 cm³/mol. The number of carbonyl (C=O) groups excluding carboxylic acids is 2. The van der Waals surface area contributed by atoms with Crippen molar-refractivity contribution < 1.29 is 14.3 Å². The van der Waals surface area contributed by atoms with E-state index in [-0.39, 0.29) is 31.2 Å². The maximum absolute atomic E-state index is 12.5. The van der Waals surface area contributed by atoms with Crippen molar-refractivity contribution in [3.8, 4) is 5.75 Å². The van der Waals surface area contributed by atoms with Crippen molar-refractivity contribution in [1.29, 1.82) is 0 Å². The van der Waals surface area contributed by atoms with E-state index in [2.05, 4.69) is 0 Å². The Bertz CT molecular complexity index is 718. The molecule has 2 N–H and O–H groups in total. The molecule has 0 aliphatic rings. The maximum Gasteiger partial charge on any atom is 0.260 e. The molecule has 0 unspecified atom stereocenters. The fraction of sp³-hybridized carbons (Fsp3) is 0.222. The summed E-state index contributed by atoms with van der Waals surface area (Å²) in [6.45, 7) is 0.324. The molecule has 5 nitrogen and oxygen atoms in total. The summed E-state index contributed by atoms with van der Waals surface area (Å²) in [7, 11) is 0. The van der Waals surface area contributed by atoms with Gasteiger partial charge in [0.2, 0.25) is 5.91 Å². The lowest BCUT2D eigenvalue weighted by Crippen LogP contribution is -2.36. The lowest BCUT2D eigenvalue weighted by Gasteiger charge is -2.22. The summed E-state index contributed by atoms with van der Waals surface area (Å²) in [5, 5.41) is 0.652. The van der Waals surface area contributed by atoms with Gasteiger partial charge in [-0.05, 0) is 17.7 Å². The highest BCUT2D eigenvalue weighted by Gasteiger charge is 2.17. The van der Waals surface area contributed by atoms with Gasteiger partial charge < -0.3 is 15.4 Å². The quantitative estimate of drug-likeness (QED) is 0.763. The average Bonchev–Trinajstić information content (AvgIpc) is 2.58. The van der Waals surface area contributed by atoms with Gasteiger partial charge in [-0.25, -0.2) is 0 Å². The van der Waals surface area contributed by atoms with Gasteiger partial charge in [0.15, 0.2) is 12.4 Å². The Labute approximate surface area is 156 Å². The van der Waals surface area contributed by atoms with Gasteiger partial charge in [0.1, 0.15) is 0 Å². The fourth-order valence-electron chi connectivity index (χ4n) is 2.19. The van der Waals surface area contributed by atoms with E-state index >= 15 is 0 Å². The number of nitrogens with zero attached hydrogens (tertiary/aromatic N) is 1. The smallest absolute Gasteiger partial charge is 0.260 e. The Balaban J connectivity index is 2.05. The fourth-order valence-corrected chi connectivity index (χ4v) is 2.69. The van der Waals surface area contributed by atoms with Crippen LogP contribution >= 0.6 is 23.2 Å². The Morgan fingerprint density at radius 2 is 1.64 bits per heavy atom. The van der Waals surface area contributed by atoms with E-state index in [9.17, 15) is 9.59 Å². The van der Waals surface area contributed by atoms with Crippen LogP contribution in [0.25, 0.3) is 0 Å². The number of halogens is 2. The third-order valence-corrected chi connectivity index (χ3v) is 4.05. The van der Waals surface area contributed by atoms with Gasteiger partial charge in [0.05, 0.1) is 10.0 Å². The summed E-state index contributed by atoms with van der Waals surface area (Å²) in [5.74, 6) is -0.504. The van der Waals surface area contributed by atoms with Crippen molar-refractivity contribution in [3.05, 3.63) is 64.1 Å². The van der Waals surface area contributed by atoms with Crippen LogP contribution in [0.1, 0.15) is 12.0 Å². The highest BCUT2D eigenvalue weighted by molar-refractivity contribution is 6.37. The van der Waals surface area contributed by atoms with E-state index in [1.165, 1.54) is 4.90 Å². The first-order valence-corrected chi connectivity index (χ1v) is 8.40. The number of carbonyl (C=O) groups is 2. The maximum atomic E-state index is 12.5. The molecular weight excluding hydrogens is 363 g/mol. The zero-order valence-corrected chi connectivity index (χ0v) is 15.0. The monoisotopic (exact) mass is 380 g/mol. The molecule has 0 bridgehead atoms. The molecule has 0 spiro atoms. The number of benzene rings is 2. The molecule has 132 valence electrons. The summed E-state index contributed by atoms with van der Waals surface area (Å²) in [6.07, 6.45) is 0.0748. The van der Waals surface area contributed by atoms with Crippen LogP contribution in [0.3, 0.4) is 0 Å². The lowest BCUT2D eigenvalue weighted by molar-refractivity contribution is -0.134. The van der Waals surface area contributed by atoms with E-state index in [1.807, 2.05) is 30.3 Å². The molecular formula is C18H18Cl2N2O3. The molecule has 25 heavy (non-hydrogen) atoms. The summed E-state index contributed by atoms with van der Waals surface area (Å²) in [5.41, 5.74) is 6.14. The van der Waals surface area contributed by atoms with E-state index < -0.39 is 5.91 Å². The van der Waals surface area contributed by atoms with Crippen LogP contribution in [0.4, 0.5) is 0 Å². The molecule has 0 fully saturated rings.